The fraction of sp³-hybridized carbons (Fsp3) is 0.571. The van der Waals surface area contributed by atoms with E-state index in [4.69, 9.17) is 10.6 Å². The van der Waals surface area contributed by atoms with Crippen molar-refractivity contribution in [1.29, 1.82) is 0 Å². The van der Waals surface area contributed by atoms with Crippen molar-refractivity contribution < 1.29 is 44.4 Å². The largest absolute Gasteiger partial charge is 0.507 e. The average Bonchev–Trinajstić information content (AvgIpc) is 2.86. The van der Waals surface area contributed by atoms with Gasteiger partial charge in [-0.25, -0.2) is 0 Å². The number of hydroxylamine groups is 1. The van der Waals surface area contributed by atoms with E-state index in [1.165, 1.54) is 12.1 Å². The number of benzene rings is 1. The third kappa shape index (κ3) is 4.39. The number of Topliss-reactive ketones (excluding diaryl/α,β-unsaturated/α-hetero) is 2. The molecule has 4 aliphatic carbocycles. The van der Waals surface area contributed by atoms with Crippen LogP contribution in [0.4, 0.5) is 5.69 Å². The van der Waals surface area contributed by atoms with Crippen LogP contribution in [0.2, 0.25) is 0 Å². The van der Waals surface area contributed by atoms with Crippen molar-refractivity contribution in [3.63, 3.8) is 0 Å². The van der Waals surface area contributed by atoms with Gasteiger partial charge in [-0.3, -0.25) is 24.0 Å². The first kappa shape index (κ1) is 28.2. The minimum absolute atomic E-state index is 0.0120. The number of fused-ring (bicyclic) bond motifs is 3. The number of phenolic OH excluding ortho intramolecular Hbond substituents is 1. The Balaban J connectivity index is 1.49. The van der Waals surface area contributed by atoms with Crippen LogP contribution in [-0.4, -0.2) is 67.7 Å². The van der Waals surface area contributed by atoms with Crippen molar-refractivity contribution in [1.82, 2.24) is 5.48 Å². The molecule has 0 heterocycles. The number of phenols is 1. The van der Waals surface area contributed by atoms with Gasteiger partial charge in [0.05, 0.1) is 29.4 Å². The number of primary amides is 1. The van der Waals surface area contributed by atoms with Gasteiger partial charge in [0.2, 0.25) is 17.6 Å². The number of nitrogens with one attached hydrogen (secondary N) is 2. The number of carbonyl (C=O) groups is 4. The van der Waals surface area contributed by atoms with Crippen LogP contribution in [-0.2, 0) is 24.0 Å². The fourth-order valence-electron chi connectivity index (χ4n) is 6.71. The molecule has 4 aliphatic rings. The quantitative estimate of drug-likeness (QED) is 0.143. The Morgan fingerprint density at radius 3 is 2.50 bits per heavy atom. The van der Waals surface area contributed by atoms with Crippen molar-refractivity contribution in [3.8, 4) is 5.75 Å². The lowest BCUT2D eigenvalue weighted by atomic mass is 9.56. The summed E-state index contributed by atoms with van der Waals surface area (Å²) in [6.45, 7) is 3.89. The van der Waals surface area contributed by atoms with E-state index in [0.717, 1.165) is 12.8 Å². The normalized spacial score (nSPS) is 33.8. The lowest BCUT2D eigenvalue weighted by molar-refractivity contribution is -0.167. The number of anilines is 1. The van der Waals surface area contributed by atoms with Gasteiger partial charge in [-0.1, -0.05) is 19.9 Å². The Morgan fingerprint density at radius 2 is 1.88 bits per heavy atom. The standard InChI is InChI=1S/C28H35N3O9/c1-3-17(31-40-14-6-11(2)7-14)27(38)30-18-5-4-15-20(26(29)37)16-9-12-8-13(32)10-19(33)28(12,39)25(36)22(16)24(35)21(15)23(18)34/h4-5,11-14,16-17,20,31-32,34-35,39H,3,6-10H2,1-2H3,(H2,29,37)(H,30,38). The maximum absolute atomic E-state index is 13.6. The summed E-state index contributed by atoms with van der Waals surface area (Å²) in [7, 11) is 0. The minimum Gasteiger partial charge on any atom is -0.507 e. The van der Waals surface area contributed by atoms with Gasteiger partial charge in [0.15, 0.2) is 11.4 Å². The van der Waals surface area contributed by atoms with Gasteiger partial charge in [0, 0.05) is 23.8 Å². The van der Waals surface area contributed by atoms with Gasteiger partial charge in [-0.15, -0.1) is 0 Å². The molecule has 12 heteroatoms. The monoisotopic (exact) mass is 557 g/mol. The zero-order valence-corrected chi connectivity index (χ0v) is 22.3. The highest BCUT2D eigenvalue weighted by molar-refractivity contribution is 6.22. The molecule has 0 saturated heterocycles. The predicted octanol–water partition coefficient (Wildman–Crippen LogP) is 0.941. The van der Waals surface area contributed by atoms with E-state index in [0.29, 0.717) is 12.3 Å². The van der Waals surface area contributed by atoms with E-state index in [2.05, 4.69) is 17.7 Å². The Hall–Kier alpha value is -3.32. The molecule has 5 rings (SSSR count). The SMILES string of the molecule is CCC(NOC1CC(C)C1)C(=O)Nc1ccc2c(c1O)C(O)=C1C(=O)C3(O)C(=O)CC(O)CC3CC1C2C(N)=O. The van der Waals surface area contributed by atoms with Crippen LogP contribution in [0.15, 0.2) is 17.7 Å². The number of nitrogens with two attached hydrogens (primary N) is 1. The van der Waals surface area contributed by atoms with Gasteiger partial charge in [0.1, 0.15) is 17.6 Å². The molecule has 3 fully saturated rings. The van der Waals surface area contributed by atoms with E-state index in [1.807, 2.05) is 0 Å². The second kappa shape index (κ2) is 10.3. The second-order valence-corrected chi connectivity index (χ2v) is 11.6. The number of hydrogen-bond acceptors (Lipinski definition) is 10. The van der Waals surface area contributed by atoms with Crippen LogP contribution in [0, 0.1) is 17.8 Å². The summed E-state index contributed by atoms with van der Waals surface area (Å²) in [6.07, 6.45) is 0.567. The molecular formula is C28H35N3O9. The van der Waals surface area contributed by atoms with E-state index in [1.54, 1.807) is 6.92 Å². The summed E-state index contributed by atoms with van der Waals surface area (Å²) >= 11 is 0. The van der Waals surface area contributed by atoms with Crippen molar-refractivity contribution >= 4 is 34.8 Å². The summed E-state index contributed by atoms with van der Waals surface area (Å²) in [6, 6.07) is 2.05. The molecule has 0 radical (unpaired) electrons. The molecule has 6 atom stereocenters. The first-order chi connectivity index (χ1) is 18.9. The Labute approximate surface area is 230 Å². The summed E-state index contributed by atoms with van der Waals surface area (Å²) in [5.74, 6) is -7.19. The molecule has 6 unspecified atom stereocenters. The number of ketones is 2. The van der Waals surface area contributed by atoms with E-state index >= 15 is 0 Å². The molecule has 216 valence electrons. The molecule has 3 saturated carbocycles. The zero-order chi connectivity index (χ0) is 29.1. The third-order valence-corrected chi connectivity index (χ3v) is 8.93. The molecule has 12 nitrogen and oxygen atoms in total. The molecule has 1 aromatic rings. The average molecular weight is 558 g/mol. The molecule has 0 aliphatic heterocycles. The maximum atomic E-state index is 13.6. The van der Waals surface area contributed by atoms with Crippen LogP contribution in [0.3, 0.4) is 0 Å². The third-order valence-electron chi connectivity index (χ3n) is 8.93. The van der Waals surface area contributed by atoms with Gasteiger partial charge < -0.3 is 31.5 Å². The highest BCUT2D eigenvalue weighted by Crippen LogP contribution is 2.55. The van der Waals surface area contributed by atoms with E-state index < -0.39 is 76.8 Å². The smallest absolute Gasteiger partial charge is 0.243 e. The molecule has 0 aromatic heterocycles. The van der Waals surface area contributed by atoms with Gasteiger partial charge in [-0.2, -0.15) is 5.48 Å². The first-order valence-electron chi connectivity index (χ1n) is 13.7. The van der Waals surface area contributed by atoms with E-state index in [9.17, 15) is 39.6 Å². The second-order valence-electron chi connectivity index (χ2n) is 11.6. The molecule has 40 heavy (non-hydrogen) atoms. The van der Waals surface area contributed by atoms with Crippen LogP contribution in [0.5, 0.6) is 5.75 Å². The lowest BCUT2D eigenvalue weighted by Gasteiger charge is -2.48. The number of aromatic hydroxyl groups is 1. The Bertz CT molecular complexity index is 1300. The summed E-state index contributed by atoms with van der Waals surface area (Å²) in [5, 5.41) is 46.4. The number of rotatable bonds is 7. The highest BCUT2D eigenvalue weighted by Gasteiger charge is 2.62. The Morgan fingerprint density at radius 1 is 1.18 bits per heavy atom. The fourth-order valence-corrected chi connectivity index (χ4v) is 6.71. The number of amides is 2. The number of hydrogen-bond donors (Lipinski definition) is 7. The van der Waals surface area contributed by atoms with Crippen molar-refractivity contribution in [2.45, 2.75) is 82.1 Å². The van der Waals surface area contributed by atoms with Crippen LogP contribution in [0.25, 0.3) is 5.76 Å². The molecule has 8 N–H and O–H groups in total. The van der Waals surface area contributed by atoms with Crippen LogP contribution < -0.4 is 16.5 Å². The first-order valence-corrected chi connectivity index (χ1v) is 13.7. The molecule has 0 spiro atoms. The lowest BCUT2D eigenvalue weighted by Crippen LogP contribution is -2.62. The summed E-state index contributed by atoms with van der Waals surface area (Å²) in [5.41, 5.74) is 5.42. The number of aliphatic hydroxyl groups excluding tert-OH is 2. The van der Waals surface area contributed by atoms with Crippen molar-refractivity contribution in [3.05, 3.63) is 28.8 Å². The summed E-state index contributed by atoms with van der Waals surface area (Å²) < 4.78 is 0. The molecule has 2 amide bonds. The maximum Gasteiger partial charge on any atom is 0.243 e. The van der Waals surface area contributed by atoms with Gasteiger partial charge in [0.25, 0.3) is 0 Å². The summed E-state index contributed by atoms with van der Waals surface area (Å²) in [4.78, 5) is 57.6. The van der Waals surface area contributed by atoms with Crippen LogP contribution in [0.1, 0.15) is 69.4 Å². The van der Waals surface area contributed by atoms with E-state index in [-0.39, 0.29) is 41.3 Å². The predicted molar refractivity (Wildman–Crippen MR) is 141 cm³/mol. The molecule has 0 bridgehead atoms. The van der Waals surface area contributed by atoms with Gasteiger partial charge in [-0.05, 0) is 49.7 Å². The number of carbonyl (C=O) groups excluding carboxylic acids is 4. The van der Waals surface area contributed by atoms with Crippen LogP contribution >= 0.6 is 0 Å². The van der Waals surface area contributed by atoms with Crippen molar-refractivity contribution in [2.75, 3.05) is 5.32 Å². The topological polar surface area (TPSA) is 209 Å². The zero-order valence-electron chi connectivity index (χ0n) is 22.3. The van der Waals surface area contributed by atoms with Gasteiger partial charge >= 0.3 is 0 Å². The highest BCUT2D eigenvalue weighted by atomic mass is 16.7. The molecule has 1 aromatic carbocycles. The minimum atomic E-state index is -2.47. The Kier molecular flexibility index (Phi) is 7.24. The number of aliphatic hydroxyl groups is 3. The molecular weight excluding hydrogens is 522 g/mol. The van der Waals surface area contributed by atoms with Crippen molar-refractivity contribution in [2.24, 2.45) is 23.5 Å².